The zero-order valence-corrected chi connectivity index (χ0v) is 13.4. The molecule has 2 rings (SSSR count). The molecule has 1 amide bonds. The molecule has 2 N–H and O–H groups in total. The van der Waals surface area contributed by atoms with Crippen molar-refractivity contribution in [2.75, 3.05) is 26.7 Å². The molecule has 2 atom stereocenters. The predicted octanol–water partition coefficient (Wildman–Crippen LogP) is 1.70. The van der Waals surface area contributed by atoms with Gasteiger partial charge in [0.1, 0.15) is 0 Å². The van der Waals surface area contributed by atoms with Gasteiger partial charge in [0, 0.05) is 19.6 Å². The lowest BCUT2D eigenvalue weighted by Gasteiger charge is -2.29. The Morgan fingerprint density at radius 1 is 1.43 bits per heavy atom. The molecule has 1 aliphatic heterocycles. The van der Waals surface area contributed by atoms with E-state index in [-0.39, 0.29) is 17.4 Å². The van der Waals surface area contributed by atoms with Crippen molar-refractivity contribution in [3.63, 3.8) is 0 Å². The van der Waals surface area contributed by atoms with Crippen LogP contribution in [0.5, 0.6) is 0 Å². The summed E-state index contributed by atoms with van der Waals surface area (Å²) >= 11 is 0. The minimum Gasteiger partial charge on any atom is -0.341 e. The molecule has 4 heteroatoms. The third kappa shape index (κ3) is 3.83. The lowest BCUT2D eigenvalue weighted by Crippen LogP contribution is -2.45. The number of hydrogen-bond acceptors (Lipinski definition) is 3. The molecule has 1 saturated heterocycles. The van der Waals surface area contributed by atoms with Crippen LogP contribution in [-0.2, 0) is 11.3 Å². The molecule has 1 heterocycles. The molecule has 0 aliphatic carbocycles. The van der Waals surface area contributed by atoms with E-state index in [1.165, 1.54) is 5.56 Å². The number of benzene rings is 1. The van der Waals surface area contributed by atoms with Crippen molar-refractivity contribution < 1.29 is 4.79 Å². The van der Waals surface area contributed by atoms with Crippen LogP contribution in [0, 0.1) is 5.41 Å². The SMILES string of the molecule is CC(C(=O)N1CCC(C)(CN)C1)N(C)Cc1ccccc1. The second-order valence-electron chi connectivity index (χ2n) is 6.60. The van der Waals surface area contributed by atoms with E-state index < -0.39 is 0 Å². The zero-order chi connectivity index (χ0) is 15.5. The summed E-state index contributed by atoms with van der Waals surface area (Å²) in [5.74, 6) is 0.214. The van der Waals surface area contributed by atoms with E-state index in [9.17, 15) is 4.79 Å². The third-order valence-electron chi connectivity index (χ3n) is 4.66. The summed E-state index contributed by atoms with van der Waals surface area (Å²) in [6, 6.07) is 10.1. The third-order valence-corrected chi connectivity index (χ3v) is 4.66. The number of rotatable bonds is 5. The lowest BCUT2D eigenvalue weighted by molar-refractivity contribution is -0.135. The average molecular weight is 289 g/mol. The van der Waals surface area contributed by atoms with Gasteiger partial charge in [0.25, 0.3) is 0 Å². The highest BCUT2D eigenvalue weighted by atomic mass is 16.2. The minimum absolute atomic E-state index is 0.0907. The summed E-state index contributed by atoms with van der Waals surface area (Å²) in [5.41, 5.74) is 7.14. The van der Waals surface area contributed by atoms with Crippen LogP contribution in [0.3, 0.4) is 0 Å². The summed E-state index contributed by atoms with van der Waals surface area (Å²) in [4.78, 5) is 16.7. The van der Waals surface area contributed by atoms with Gasteiger partial charge in [-0.25, -0.2) is 0 Å². The molecular formula is C17H27N3O. The molecule has 4 nitrogen and oxygen atoms in total. The maximum Gasteiger partial charge on any atom is 0.239 e. The maximum absolute atomic E-state index is 12.6. The molecule has 0 saturated carbocycles. The summed E-state index contributed by atoms with van der Waals surface area (Å²) in [7, 11) is 2.01. The van der Waals surface area contributed by atoms with E-state index >= 15 is 0 Å². The monoisotopic (exact) mass is 289 g/mol. The van der Waals surface area contributed by atoms with E-state index in [2.05, 4.69) is 24.0 Å². The average Bonchev–Trinajstić information content (AvgIpc) is 2.90. The first-order valence-corrected chi connectivity index (χ1v) is 7.68. The molecular weight excluding hydrogens is 262 g/mol. The highest BCUT2D eigenvalue weighted by Gasteiger charge is 2.36. The quantitative estimate of drug-likeness (QED) is 0.897. The van der Waals surface area contributed by atoms with E-state index in [4.69, 9.17) is 5.73 Å². The van der Waals surface area contributed by atoms with Crippen LogP contribution in [0.4, 0.5) is 0 Å². The van der Waals surface area contributed by atoms with Crippen molar-refractivity contribution in [1.29, 1.82) is 0 Å². The van der Waals surface area contributed by atoms with Gasteiger partial charge in [0.2, 0.25) is 5.91 Å². The Morgan fingerprint density at radius 2 is 2.10 bits per heavy atom. The fourth-order valence-corrected chi connectivity index (χ4v) is 2.84. The molecule has 1 aliphatic rings. The highest BCUT2D eigenvalue weighted by molar-refractivity contribution is 5.81. The van der Waals surface area contributed by atoms with Crippen LogP contribution in [0.1, 0.15) is 25.8 Å². The van der Waals surface area contributed by atoms with Gasteiger partial charge < -0.3 is 10.6 Å². The molecule has 1 fully saturated rings. The Kier molecular flexibility index (Phi) is 5.01. The number of amides is 1. The summed E-state index contributed by atoms with van der Waals surface area (Å²) in [5, 5.41) is 0. The smallest absolute Gasteiger partial charge is 0.239 e. The number of nitrogens with zero attached hydrogens (tertiary/aromatic N) is 2. The Hall–Kier alpha value is -1.39. The van der Waals surface area contributed by atoms with Gasteiger partial charge in [-0.2, -0.15) is 0 Å². The van der Waals surface area contributed by atoms with Crippen molar-refractivity contribution in [1.82, 2.24) is 9.80 Å². The highest BCUT2D eigenvalue weighted by Crippen LogP contribution is 2.29. The predicted molar refractivity (Wildman–Crippen MR) is 85.7 cm³/mol. The molecule has 0 aromatic heterocycles. The van der Waals surface area contributed by atoms with Crippen LogP contribution in [0.25, 0.3) is 0 Å². The van der Waals surface area contributed by atoms with Crippen LogP contribution in [0.2, 0.25) is 0 Å². The molecule has 0 spiro atoms. The Labute approximate surface area is 127 Å². The van der Waals surface area contributed by atoms with Crippen molar-refractivity contribution in [3.05, 3.63) is 35.9 Å². The molecule has 0 radical (unpaired) electrons. The largest absolute Gasteiger partial charge is 0.341 e. The van der Waals surface area contributed by atoms with E-state index in [0.29, 0.717) is 6.54 Å². The summed E-state index contributed by atoms with van der Waals surface area (Å²) in [6.07, 6.45) is 1.00. The van der Waals surface area contributed by atoms with Crippen molar-refractivity contribution in [3.8, 4) is 0 Å². The lowest BCUT2D eigenvalue weighted by atomic mass is 9.90. The number of nitrogens with two attached hydrogens (primary N) is 1. The van der Waals surface area contributed by atoms with Crippen LogP contribution < -0.4 is 5.73 Å². The first kappa shape index (κ1) is 16.0. The van der Waals surface area contributed by atoms with Crippen LogP contribution in [0.15, 0.2) is 30.3 Å². The second-order valence-corrected chi connectivity index (χ2v) is 6.60. The fraction of sp³-hybridized carbons (Fsp3) is 0.588. The van der Waals surface area contributed by atoms with Gasteiger partial charge in [0.15, 0.2) is 0 Å². The first-order valence-electron chi connectivity index (χ1n) is 7.68. The summed E-state index contributed by atoms with van der Waals surface area (Å²) in [6.45, 7) is 7.20. The van der Waals surface area contributed by atoms with Gasteiger partial charge in [-0.05, 0) is 37.9 Å². The molecule has 21 heavy (non-hydrogen) atoms. The van der Waals surface area contributed by atoms with Crippen molar-refractivity contribution in [2.24, 2.45) is 11.1 Å². The number of likely N-dealkylation sites (N-methyl/N-ethyl adjacent to an activating group) is 1. The summed E-state index contributed by atoms with van der Waals surface area (Å²) < 4.78 is 0. The topological polar surface area (TPSA) is 49.6 Å². The van der Waals surface area contributed by atoms with E-state index in [0.717, 1.165) is 26.1 Å². The normalized spacial score (nSPS) is 23.6. The maximum atomic E-state index is 12.6. The number of likely N-dealkylation sites (tertiary alicyclic amines) is 1. The molecule has 1 aromatic rings. The van der Waals surface area contributed by atoms with Crippen molar-refractivity contribution in [2.45, 2.75) is 32.9 Å². The Balaban J connectivity index is 1.93. The van der Waals surface area contributed by atoms with E-state index in [1.54, 1.807) is 0 Å². The number of carbonyl (C=O) groups is 1. The van der Waals surface area contributed by atoms with Gasteiger partial charge in [-0.1, -0.05) is 37.3 Å². The first-order chi connectivity index (χ1) is 9.95. The molecule has 1 aromatic carbocycles. The molecule has 2 unspecified atom stereocenters. The Bertz CT molecular complexity index is 476. The van der Waals surface area contributed by atoms with Gasteiger partial charge in [-0.3, -0.25) is 9.69 Å². The van der Waals surface area contributed by atoms with Gasteiger partial charge in [0.05, 0.1) is 6.04 Å². The molecule has 0 bridgehead atoms. The number of hydrogen-bond donors (Lipinski definition) is 1. The Morgan fingerprint density at radius 3 is 2.67 bits per heavy atom. The molecule has 116 valence electrons. The minimum atomic E-state index is -0.106. The van der Waals surface area contributed by atoms with Crippen LogP contribution >= 0.6 is 0 Å². The van der Waals surface area contributed by atoms with E-state index in [1.807, 2.05) is 37.1 Å². The second kappa shape index (κ2) is 6.58. The number of carbonyl (C=O) groups excluding carboxylic acids is 1. The van der Waals surface area contributed by atoms with Crippen molar-refractivity contribution >= 4 is 5.91 Å². The van der Waals surface area contributed by atoms with Gasteiger partial charge >= 0.3 is 0 Å². The fourth-order valence-electron chi connectivity index (χ4n) is 2.84. The zero-order valence-electron chi connectivity index (χ0n) is 13.4. The standard InChI is InChI=1S/C17H27N3O/c1-14(19(3)11-15-7-5-4-6-8-15)16(21)20-10-9-17(2,12-18)13-20/h4-8,14H,9-13,18H2,1-3H3. The van der Waals surface area contributed by atoms with Crippen LogP contribution in [-0.4, -0.2) is 48.4 Å². The van der Waals surface area contributed by atoms with Gasteiger partial charge in [-0.15, -0.1) is 0 Å².